The van der Waals surface area contributed by atoms with E-state index in [-0.39, 0.29) is 25.2 Å². The molecule has 0 N–H and O–H groups in total. The van der Waals surface area contributed by atoms with Gasteiger partial charge in [-0.25, -0.2) is 0 Å². The van der Waals surface area contributed by atoms with E-state index >= 15 is 0 Å². The summed E-state index contributed by atoms with van der Waals surface area (Å²) in [6.07, 6.45) is 0. The second kappa shape index (κ2) is 11.0. The Bertz CT molecular complexity index is 152. The summed E-state index contributed by atoms with van der Waals surface area (Å²) in [5.41, 5.74) is 1.22. The molecule has 0 unspecified atom stereocenters. The highest BCUT2D eigenvalue weighted by Gasteiger charge is 1.94. The monoisotopic (exact) mass is 208 g/mol. The Morgan fingerprint density at radius 3 is 1.62 bits per heavy atom. The van der Waals surface area contributed by atoms with Crippen molar-refractivity contribution in [3.8, 4) is 0 Å². The van der Waals surface area contributed by atoms with Gasteiger partial charge in [0.05, 0.1) is 0 Å². The number of rotatable bonds is 3. The Morgan fingerprint density at radius 1 is 1.23 bits per heavy atom. The topological polar surface area (TPSA) is 52.6 Å². The lowest BCUT2D eigenvalue weighted by Gasteiger charge is -2.00. The third kappa shape index (κ3) is 24.8. The predicted octanol–water partition coefficient (Wildman–Crippen LogP) is 1.48. The standard InChI is InChI=1S/C6H10O4.C2H3Cl/c1-5(7)9-3-4-10-6(2)8;1-2-3/h3-4H2,1-2H3;2H,1H2. The zero-order chi connectivity index (χ0) is 10.7. The molecule has 0 bridgehead atoms. The maximum absolute atomic E-state index is 10.1. The number of hydrogen-bond donors (Lipinski definition) is 0. The number of carbonyl (C=O) groups is 2. The Balaban J connectivity index is 0. The van der Waals surface area contributed by atoms with E-state index in [0.717, 1.165) is 0 Å². The van der Waals surface area contributed by atoms with Crippen LogP contribution in [-0.4, -0.2) is 25.2 Å². The van der Waals surface area contributed by atoms with Crippen molar-refractivity contribution < 1.29 is 19.1 Å². The van der Waals surface area contributed by atoms with Crippen molar-refractivity contribution in [3.63, 3.8) is 0 Å². The third-order valence-corrected chi connectivity index (χ3v) is 0.694. The SMILES string of the molecule is C=CCl.CC(=O)OCCOC(C)=O. The van der Waals surface area contributed by atoms with E-state index in [0.29, 0.717) is 0 Å². The van der Waals surface area contributed by atoms with Crippen LogP contribution in [0.25, 0.3) is 0 Å². The molecule has 76 valence electrons. The normalized spacial score (nSPS) is 7.62. The van der Waals surface area contributed by atoms with Crippen LogP contribution in [0, 0.1) is 0 Å². The van der Waals surface area contributed by atoms with Gasteiger partial charge >= 0.3 is 11.9 Å². The lowest BCUT2D eigenvalue weighted by molar-refractivity contribution is -0.149. The second-order valence-electron chi connectivity index (χ2n) is 1.83. The molecule has 0 radical (unpaired) electrons. The van der Waals surface area contributed by atoms with Crippen LogP contribution in [0.4, 0.5) is 0 Å². The van der Waals surface area contributed by atoms with E-state index in [2.05, 4.69) is 16.1 Å². The highest BCUT2D eigenvalue weighted by molar-refractivity contribution is 6.25. The van der Waals surface area contributed by atoms with Gasteiger partial charge in [0, 0.05) is 13.8 Å². The van der Waals surface area contributed by atoms with Crippen LogP contribution in [0.3, 0.4) is 0 Å². The molecule has 0 aromatic heterocycles. The highest BCUT2D eigenvalue weighted by atomic mass is 35.5. The van der Waals surface area contributed by atoms with Crippen LogP contribution in [-0.2, 0) is 19.1 Å². The summed E-state index contributed by atoms with van der Waals surface area (Å²) in [6, 6.07) is 0. The lowest BCUT2D eigenvalue weighted by atomic mass is 10.7. The number of carbonyl (C=O) groups excluding carboxylic acids is 2. The first kappa shape index (κ1) is 14.5. The van der Waals surface area contributed by atoms with E-state index in [4.69, 9.17) is 11.6 Å². The lowest BCUT2D eigenvalue weighted by Crippen LogP contribution is -2.09. The van der Waals surface area contributed by atoms with Gasteiger partial charge in [-0.05, 0) is 5.54 Å². The molecule has 0 aromatic rings. The maximum atomic E-state index is 10.1. The summed E-state index contributed by atoms with van der Waals surface area (Å²) in [7, 11) is 0. The van der Waals surface area contributed by atoms with Crippen LogP contribution in [0.15, 0.2) is 12.1 Å². The quantitative estimate of drug-likeness (QED) is 0.521. The minimum absolute atomic E-state index is 0.134. The fourth-order valence-electron chi connectivity index (χ4n) is 0.371. The molecule has 0 aromatic carbocycles. The van der Waals surface area contributed by atoms with E-state index in [1.807, 2.05) is 0 Å². The molecule has 13 heavy (non-hydrogen) atoms. The van der Waals surface area contributed by atoms with E-state index in [9.17, 15) is 9.59 Å². The van der Waals surface area contributed by atoms with Crippen LogP contribution in [0.2, 0.25) is 0 Å². The van der Waals surface area contributed by atoms with Crippen molar-refractivity contribution in [2.45, 2.75) is 13.8 Å². The summed E-state index contributed by atoms with van der Waals surface area (Å²) < 4.78 is 8.95. The van der Waals surface area contributed by atoms with E-state index < -0.39 is 0 Å². The Kier molecular flexibility index (Phi) is 12.2. The van der Waals surface area contributed by atoms with Crippen LogP contribution in [0.5, 0.6) is 0 Å². The van der Waals surface area contributed by atoms with Crippen molar-refractivity contribution in [3.05, 3.63) is 12.1 Å². The zero-order valence-electron chi connectivity index (χ0n) is 7.71. The number of esters is 2. The van der Waals surface area contributed by atoms with Gasteiger partial charge in [0.1, 0.15) is 13.2 Å². The average Bonchev–Trinajstić information content (AvgIpc) is 1.99. The second-order valence-corrected chi connectivity index (χ2v) is 2.14. The molecule has 4 nitrogen and oxygen atoms in total. The van der Waals surface area contributed by atoms with Crippen LogP contribution in [0.1, 0.15) is 13.8 Å². The maximum Gasteiger partial charge on any atom is 0.302 e. The summed E-state index contributed by atoms with van der Waals surface area (Å²) in [5.74, 6) is -0.737. The Morgan fingerprint density at radius 2 is 1.46 bits per heavy atom. The average molecular weight is 209 g/mol. The smallest absolute Gasteiger partial charge is 0.302 e. The largest absolute Gasteiger partial charge is 0.462 e. The number of halogens is 1. The number of hydrogen-bond acceptors (Lipinski definition) is 4. The molecular formula is C8H13ClO4. The fraction of sp³-hybridized carbons (Fsp3) is 0.500. The van der Waals surface area contributed by atoms with Gasteiger partial charge in [0.15, 0.2) is 0 Å². The third-order valence-electron chi connectivity index (χ3n) is 0.694. The minimum atomic E-state index is -0.368. The molecular weight excluding hydrogens is 196 g/mol. The first-order chi connectivity index (χ1) is 6.04. The van der Waals surface area contributed by atoms with Gasteiger partial charge in [-0.3, -0.25) is 9.59 Å². The number of ether oxygens (including phenoxy) is 2. The summed E-state index contributed by atoms with van der Waals surface area (Å²) in [6.45, 7) is 5.99. The first-order valence-electron chi connectivity index (χ1n) is 3.52. The molecule has 0 heterocycles. The van der Waals surface area contributed by atoms with Crippen molar-refractivity contribution in [2.24, 2.45) is 0 Å². The first-order valence-corrected chi connectivity index (χ1v) is 3.96. The van der Waals surface area contributed by atoms with Crippen molar-refractivity contribution in [2.75, 3.05) is 13.2 Å². The Labute approximate surface area is 82.5 Å². The van der Waals surface area contributed by atoms with Gasteiger partial charge in [-0.2, -0.15) is 0 Å². The summed E-state index contributed by atoms with van der Waals surface area (Å²) in [4.78, 5) is 20.3. The summed E-state index contributed by atoms with van der Waals surface area (Å²) >= 11 is 4.76. The molecule has 0 amide bonds. The van der Waals surface area contributed by atoms with Gasteiger partial charge in [-0.15, -0.1) is 0 Å². The van der Waals surface area contributed by atoms with Gasteiger partial charge in [0.25, 0.3) is 0 Å². The fourth-order valence-corrected chi connectivity index (χ4v) is 0.371. The molecule has 0 aliphatic carbocycles. The molecule has 0 saturated carbocycles. The molecule has 0 rings (SSSR count). The van der Waals surface area contributed by atoms with Crippen LogP contribution < -0.4 is 0 Å². The molecule has 5 heteroatoms. The zero-order valence-corrected chi connectivity index (χ0v) is 8.47. The predicted molar refractivity (Wildman–Crippen MR) is 49.3 cm³/mol. The summed E-state index contributed by atoms with van der Waals surface area (Å²) in [5, 5.41) is 0. The highest BCUT2D eigenvalue weighted by Crippen LogP contribution is 1.79. The molecule has 0 atom stereocenters. The van der Waals surface area contributed by atoms with Gasteiger partial charge in [-0.1, -0.05) is 18.2 Å². The molecule has 0 saturated heterocycles. The molecule has 0 fully saturated rings. The Hall–Kier alpha value is -1.03. The van der Waals surface area contributed by atoms with Gasteiger partial charge in [0.2, 0.25) is 0 Å². The minimum Gasteiger partial charge on any atom is -0.462 e. The van der Waals surface area contributed by atoms with E-state index in [1.165, 1.54) is 19.4 Å². The van der Waals surface area contributed by atoms with Crippen LogP contribution >= 0.6 is 11.6 Å². The van der Waals surface area contributed by atoms with Gasteiger partial charge < -0.3 is 9.47 Å². The van der Waals surface area contributed by atoms with Crippen molar-refractivity contribution in [1.82, 2.24) is 0 Å². The molecule has 0 aliphatic rings. The van der Waals surface area contributed by atoms with Crippen molar-refractivity contribution >= 4 is 23.5 Å². The van der Waals surface area contributed by atoms with Crippen molar-refractivity contribution in [1.29, 1.82) is 0 Å². The molecule has 0 aliphatic heterocycles. The van der Waals surface area contributed by atoms with E-state index in [1.54, 1.807) is 0 Å². The molecule has 0 spiro atoms.